The first-order chi connectivity index (χ1) is 6.85. The van der Waals surface area contributed by atoms with E-state index in [1.54, 1.807) is 0 Å². The number of aliphatic hydroxyl groups is 1. The second kappa shape index (κ2) is 3.53. The molecule has 9 heteroatoms. The minimum atomic E-state index is -3.13. The first kappa shape index (κ1) is 10.9. The van der Waals surface area contributed by atoms with Crippen molar-refractivity contribution in [2.24, 2.45) is 0 Å². The lowest BCUT2D eigenvalue weighted by Crippen LogP contribution is -2.48. The molecule has 0 saturated carbocycles. The quantitative estimate of drug-likeness (QED) is 0.284. The van der Waals surface area contributed by atoms with Gasteiger partial charge in [0, 0.05) is 0 Å². The number of ether oxygens (including phenoxy) is 1. The molecule has 1 atom stereocenters. The minimum absolute atomic E-state index is 1.19. The summed E-state index contributed by atoms with van der Waals surface area (Å²) in [6, 6.07) is 0. The van der Waals surface area contributed by atoms with E-state index < -0.39 is 36.1 Å². The highest BCUT2D eigenvalue weighted by molar-refractivity contribution is 6.30. The Morgan fingerprint density at radius 1 is 1.20 bits per heavy atom. The van der Waals surface area contributed by atoms with Crippen molar-refractivity contribution in [2.45, 2.75) is 12.2 Å². The van der Waals surface area contributed by atoms with E-state index in [9.17, 15) is 19.2 Å². The van der Waals surface area contributed by atoms with Crippen LogP contribution in [0, 0.1) is 0 Å². The molecule has 1 saturated heterocycles. The number of aliphatic carboxylic acids is 1. The molecule has 0 aromatic carbocycles. The second-order valence-electron chi connectivity index (χ2n) is 2.48. The molecule has 1 heterocycles. The summed E-state index contributed by atoms with van der Waals surface area (Å²) < 4.78 is 3.86. The molecule has 1 unspecified atom stereocenters. The molecule has 1 fully saturated rings. The summed E-state index contributed by atoms with van der Waals surface area (Å²) in [6.07, 6.45) is -1.19. The summed E-state index contributed by atoms with van der Waals surface area (Å²) in [4.78, 5) is 49.7. The molecule has 0 aromatic rings. The van der Waals surface area contributed by atoms with E-state index in [0.717, 1.165) is 0 Å². The lowest BCUT2D eigenvalue weighted by Gasteiger charge is -2.22. The minimum Gasteiger partial charge on any atom is -0.476 e. The molecule has 82 valence electrons. The number of rotatable bonds is 1. The number of hydrogen-bond acceptors (Lipinski definition) is 8. The normalized spacial score (nSPS) is 26.9. The fourth-order valence-electron chi connectivity index (χ4n) is 0.694. The maximum Gasteiger partial charge on any atom is 0.463 e. The van der Waals surface area contributed by atoms with Gasteiger partial charge >= 0.3 is 29.7 Å². The van der Waals surface area contributed by atoms with Crippen LogP contribution in [0.1, 0.15) is 6.42 Å². The molecule has 2 N–H and O–H groups in total. The zero-order chi connectivity index (χ0) is 11.6. The van der Waals surface area contributed by atoms with E-state index >= 15 is 0 Å². The van der Waals surface area contributed by atoms with Gasteiger partial charge in [0.05, 0.1) is 0 Å². The zero-order valence-corrected chi connectivity index (χ0v) is 6.96. The van der Waals surface area contributed by atoms with Crippen LogP contribution in [0.25, 0.3) is 0 Å². The highest BCUT2D eigenvalue weighted by Crippen LogP contribution is 2.16. The van der Waals surface area contributed by atoms with E-state index in [2.05, 4.69) is 14.5 Å². The Bertz CT molecular complexity index is 345. The summed E-state index contributed by atoms with van der Waals surface area (Å²) in [5, 5.41) is 17.6. The maximum atomic E-state index is 10.7. The highest BCUT2D eigenvalue weighted by Gasteiger charge is 2.47. The number of carboxylic acids is 1. The van der Waals surface area contributed by atoms with Gasteiger partial charge in [-0.1, -0.05) is 0 Å². The third kappa shape index (κ3) is 2.20. The van der Waals surface area contributed by atoms with Gasteiger partial charge in [-0.2, -0.15) is 0 Å². The first-order valence-corrected chi connectivity index (χ1v) is 3.45. The number of esters is 1. The third-order valence-electron chi connectivity index (χ3n) is 1.36. The lowest BCUT2D eigenvalue weighted by molar-refractivity contribution is -0.282. The summed E-state index contributed by atoms with van der Waals surface area (Å²) in [5.74, 6) is -10.0. The van der Waals surface area contributed by atoms with Crippen molar-refractivity contribution in [1.29, 1.82) is 0 Å². The maximum absolute atomic E-state index is 10.7. The van der Waals surface area contributed by atoms with Gasteiger partial charge in [0.25, 0.3) is 0 Å². The second-order valence-corrected chi connectivity index (χ2v) is 2.48. The summed E-state index contributed by atoms with van der Waals surface area (Å²) in [7, 11) is 0. The topological polar surface area (TPSA) is 136 Å². The Kier molecular flexibility index (Phi) is 2.57. The Labute approximate surface area is 81.1 Å². The van der Waals surface area contributed by atoms with Crippen LogP contribution in [-0.4, -0.2) is 39.9 Å². The van der Waals surface area contributed by atoms with Crippen LogP contribution >= 0.6 is 0 Å². The van der Waals surface area contributed by atoms with Crippen molar-refractivity contribution in [2.75, 3.05) is 0 Å². The number of hydrogen-bond donors (Lipinski definition) is 2. The van der Waals surface area contributed by atoms with Crippen molar-refractivity contribution >= 4 is 23.9 Å². The fraction of sp³-hybridized carbons (Fsp3) is 0.333. The van der Waals surface area contributed by atoms with Gasteiger partial charge in [0.2, 0.25) is 0 Å². The van der Waals surface area contributed by atoms with E-state index in [1.807, 2.05) is 0 Å². The van der Waals surface area contributed by atoms with E-state index in [1.165, 1.54) is 0 Å². The molecule has 0 amide bonds. The van der Waals surface area contributed by atoms with Crippen LogP contribution in [0.4, 0.5) is 0 Å². The molecular formula is C6H4O9. The van der Waals surface area contributed by atoms with Crippen LogP contribution in [-0.2, 0) is 33.7 Å². The van der Waals surface area contributed by atoms with Crippen molar-refractivity contribution in [3.63, 3.8) is 0 Å². The fourth-order valence-corrected chi connectivity index (χ4v) is 0.694. The van der Waals surface area contributed by atoms with Crippen LogP contribution in [0.3, 0.4) is 0 Å². The monoisotopic (exact) mass is 220 g/mol. The van der Waals surface area contributed by atoms with E-state index in [0.29, 0.717) is 0 Å². The molecule has 0 aromatic heterocycles. The van der Waals surface area contributed by atoms with Crippen molar-refractivity contribution < 1.29 is 43.9 Å². The molecular weight excluding hydrogens is 216 g/mol. The molecule has 0 spiro atoms. The van der Waals surface area contributed by atoms with Crippen LogP contribution < -0.4 is 0 Å². The smallest absolute Gasteiger partial charge is 0.463 e. The van der Waals surface area contributed by atoms with Gasteiger partial charge in [-0.3, -0.25) is 0 Å². The van der Waals surface area contributed by atoms with Gasteiger partial charge in [0.1, 0.15) is 6.42 Å². The predicted molar refractivity (Wildman–Crippen MR) is 35.5 cm³/mol. The van der Waals surface area contributed by atoms with E-state index in [-0.39, 0.29) is 0 Å². The number of carbonyl (C=O) groups is 4. The van der Waals surface area contributed by atoms with Gasteiger partial charge in [-0.15, -0.1) is 0 Å². The SMILES string of the molecule is O=C1CC(O)(C(=O)O)OC(=O)C(=O)OO1. The standard InChI is InChI=1S/C6H4O9/c7-2-1-6(12,5(10)11)13-3(8)4(9)15-14-2/h12H,1H2,(H,10,11). The largest absolute Gasteiger partial charge is 0.476 e. The van der Waals surface area contributed by atoms with E-state index in [4.69, 9.17) is 10.2 Å². The summed E-state index contributed by atoms with van der Waals surface area (Å²) in [6.45, 7) is 0. The Hall–Kier alpha value is -2.16. The average Bonchev–Trinajstić information content (AvgIpc) is 2.12. The first-order valence-electron chi connectivity index (χ1n) is 3.45. The average molecular weight is 220 g/mol. The van der Waals surface area contributed by atoms with Gasteiger partial charge < -0.3 is 14.9 Å². The molecule has 15 heavy (non-hydrogen) atoms. The molecule has 0 aliphatic carbocycles. The third-order valence-corrected chi connectivity index (χ3v) is 1.36. The number of cyclic esters (lactones) is 1. The van der Waals surface area contributed by atoms with Crippen molar-refractivity contribution in [1.82, 2.24) is 0 Å². The molecule has 9 nitrogen and oxygen atoms in total. The molecule has 1 aliphatic heterocycles. The van der Waals surface area contributed by atoms with Gasteiger partial charge in [-0.05, 0) is 0 Å². The molecule has 1 aliphatic rings. The van der Waals surface area contributed by atoms with Crippen molar-refractivity contribution in [3.8, 4) is 0 Å². The lowest BCUT2D eigenvalue weighted by atomic mass is 10.2. The Morgan fingerprint density at radius 2 is 1.80 bits per heavy atom. The van der Waals surface area contributed by atoms with Gasteiger partial charge in [0.15, 0.2) is 0 Å². The predicted octanol–water partition coefficient (Wildman–Crippen LogP) is -2.29. The van der Waals surface area contributed by atoms with Crippen molar-refractivity contribution in [3.05, 3.63) is 0 Å². The summed E-state index contributed by atoms with van der Waals surface area (Å²) >= 11 is 0. The summed E-state index contributed by atoms with van der Waals surface area (Å²) in [5.41, 5.74) is 0. The Morgan fingerprint density at radius 3 is 2.33 bits per heavy atom. The molecule has 1 rings (SSSR count). The number of carbonyl (C=O) groups excluding carboxylic acids is 3. The number of carboxylic acid groups (broad SMARTS) is 1. The zero-order valence-electron chi connectivity index (χ0n) is 6.96. The van der Waals surface area contributed by atoms with Gasteiger partial charge in [-0.25, -0.2) is 29.0 Å². The van der Waals surface area contributed by atoms with Crippen LogP contribution in [0.5, 0.6) is 0 Å². The van der Waals surface area contributed by atoms with Crippen LogP contribution in [0.2, 0.25) is 0 Å². The van der Waals surface area contributed by atoms with Crippen LogP contribution in [0.15, 0.2) is 0 Å². The molecule has 0 radical (unpaired) electrons. The molecule has 0 bridgehead atoms. The Balaban J connectivity index is 2.97. The highest BCUT2D eigenvalue weighted by atomic mass is 17.2.